The number of anilines is 1. The molecule has 0 saturated heterocycles. The number of nitrogens with two attached hydrogens (primary N) is 1. The first kappa shape index (κ1) is 9.77. The first-order valence-electron chi connectivity index (χ1n) is 4.97. The molecule has 0 amide bonds. The second-order valence-electron chi connectivity index (χ2n) is 3.84. The van der Waals surface area contributed by atoms with Gasteiger partial charge in [-0.2, -0.15) is 0 Å². The van der Waals surface area contributed by atoms with Crippen LogP contribution < -0.4 is 5.73 Å². The Labute approximate surface area is 89.6 Å². The summed E-state index contributed by atoms with van der Waals surface area (Å²) in [6.07, 6.45) is 2.01. The number of benzene rings is 1. The van der Waals surface area contributed by atoms with Gasteiger partial charge in [0.25, 0.3) is 0 Å². The fourth-order valence-corrected chi connectivity index (χ4v) is 1.66. The van der Waals surface area contributed by atoms with Gasteiger partial charge in [0.05, 0.1) is 5.69 Å². The highest BCUT2D eigenvalue weighted by Gasteiger charge is 2.04. The second kappa shape index (κ2) is 3.42. The van der Waals surface area contributed by atoms with Crippen molar-refractivity contribution < 1.29 is 0 Å². The van der Waals surface area contributed by atoms with Crippen LogP contribution in [0.1, 0.15) is 17.1 Å². The molecule has 0 bridgehead atoms. The van der Waals surface area contributed by atoms with E-state index in [1.165, 1.54) is 0 Å². The highest BCUT2D eigenvalue weighted by atomic mass is 15.1. The van der Waals surface area contributed by atoms with Gasteiger partial charge < -0.3 is 10.3 Å². The molecule has 1 aromatic heterocycles. The Hall–Kier alpha value is -1.77. The van der Waals surface area contributed by atoms with Crippen LogP contribution >= 0.6 is 0 Å². The van der Waals surface area contributed by atoms with E-state index >= 15 is 0 Å². The molecule has 0 atom stereocenters. The summed E-state index contributed by atoms with van der Waals surface area (Å²) in [6.45, 7) is 5.98. The highest BCUT2D eigenvalue weighted by molar-refractivity contribution is 5.53. The molecule has 0 spiro atoms. The van der Waals surface area contributed by atoms with E-state index in [0.717, 1.165) is 28.5 Å². The van der Waals surface area contributed by atoms with Gasteiger partial charge in [0.2, 0.25) is 0 Å². The molecule has 0 fully saturated rings. The van der Waals surface area contributed by atoms with Gasteiger partial charge in [-0.1, -0.05) is 6.07 Å². The normalized spacial score (nSPS) is 10.6. The molecule has 0 aliphatic heterocycles. The van der Waals surface area contributed by atoms with Crippen molar-refractivity contribution in [1.82, 2.24) is 9.55 Å². The van der Waals surface area contributed by atoms with E-state index in [1.54, 1.807) is 0 Å². The number of rotatable bonds is 1. The SMILES string of the molecule is Cc1cn(-c2ccc(C)c(N)c2)c(C)n1. The van der Waals surface area contributed by atoms with Gasteiger partial charge in [-0.05, 0) is 38.5 Å². The molecule has 78 valence electrons. The highest BCUT2D eigenvalue weighted by Crippen LogP contribution is 2.18. The monoisotopic (exact) mass is 201 g/mol. The number of nitrogen functional groups attached to an aromatic ring is 1. The maximum atomic E-state index is 5.88. The van der Waals surface area contributed by atoms with Crippen molar-refractivity contribution in [2.45, 2.75) is 20.8 Å². The van der Waals surface area contributed by atoms with E-state index in [0.29, 0.717) is 0 Å². The third-order valence-electron chi connectivity index (χ3n) is 2.54. The van der Waals surface area contributed by atoms with Gasteiger partial charge in [0, 0.05) is 17.6 Å². The molecule has 2 N–H and O–H groups in total. The Bertz CT molecular complexity index is 498. The van der Waals surface area contributed by atoms with Gasteiger partial charge in [0.1, 0.15) is 5.82 Å². The zero-order valence-electron chi connectivity index (χ0n) is 9.28. The van der Waals surface area contributed by atoms with Crippen LogP contribution in [0.15, 0.2) is 24.4 Å². The van der Waals surface area contributed by atoms with Crippen LogP contribution in [-0.2, 0) is 0 Å². The van der Waals surface area contributed by atoms with Crippen LogP contribution in [0.25, 0.3) is 5.69 Å². The summed E-state index contributed by atoms with van der Waals surface area (Å²) >= 11 is 0. The minimum Gasteiger partial charge on any atom is -0.398 e. The lowest BCUT2D eigenvalue weighted by atomic mass is 10.2. The number of nitrogens with zero attached hydrogens (tertiary/aromatic N) is 2. The third kappa shape index (κ3) is 1.73. The molecule has 1 heterocycles. The van der Waals surface area contributed by atoms with Crippen molar-refractivity contribution >= 4 is 5.69 Å². The van der Waals surface area contributed by atoms with Crippen LogP contribution in [0.5, 0.6) is 0 Å². The molecule has 15 heavy (non-hydrogen) atoms. The zero-order chi connectivity index (χ0) is 11.0. The van der Waals surface area contributed by atoms with Crippen molar-refractivity contribution in [2.24, 2.45) is 0 Å². The average molecular weight is 201 g/mol. The van der Waals surface area contributed by atoms with Crippen molar-refractivity contribution in [3.63, 3.8) is 0 Å². The topological polar surface area (TPSA) is 43.8 Å². The van der Waals surface area contributed by atoms with Crippen LogP contribution in [-0.4, -0.2) is 9.55 Å². The minimum absolute atomic E-state index is 0.818. The van der Waals surface area contributed by atoms with Gasteiger partial charge in [0.15, 0.2) is 0 Å². The zero-order valence-corrected chi connectivity index (χ0v) is 9.28. The molecule has 0 saturated carbocycles. The van der Waals surface area contributed by atoms with Crippen LogP contribution in [0, 0.1) is 20.8 Å². The molecular weight excluding hydrogens is 186 g/mol. The van der Waals surface area contributed by atoms with Crippen molar-refractivity contribution in [3.8, 4) is 5.69 Å². The largest absolute Gasteiger partial charge is 0.398 e. The summed E-state index contributed by atoms with van der Waals surface area (Å²) in [6, 6.07) is 6.06. The third-order valence-corrected chi connectivity index (χ3v) is 2.54. The first-order valence-corrected chi connectivity index (χ1v) is 4.97. The Morgan fingerprint density at radius 2 is 1.93 bits per heavy atom. The molecule has 2 rings (SSSR count). The van der Waals surface area contributed by atoms with Gasteiger partial charge in [-0.15, -0.1) is 0 Å². The van der Waals surface area contributed by atoms with Crippen molar-refractivity contribution in [2.75, 3.05) is 5.73 Å². The Morgan fingerprint density at radius 1 is 1.20 bits per heavy atom. The lowest BCUT2D eigenvalue weighted by molar-refractivity contribution is 0.974. The molecule has 0 radical (unpaired) electrons. The molecule has 0 aliphatic rings. The first-order chi connectivity index (χ1) is 7.08. The van der Waals surface area contributed by atoms with E-state index in [1.807, 2.05) is 43.7 Å². The lowest BCUT2D eigenvalue weighted by Crippen LogP contribution is -1.98. The van der Waals surface area contributed by atoms with Crippen molar-refractivity contribution in [3.05, 3.63) is 41.5 Å². The van der Waals surface area contributed by atoms with Gasteiger partial charge in [-0.3, -0.25) is 0 Å². The minimum atomic E-state index is 0.818. The number of aromatic nitrogens is 2. The van der Waals surface area contributed by atoms with E-state index in [9.17, 15) is 0 Å². The lowest BCUT2D eigenvalue weighted by Gasteiger charge is -2.07. The maximum absolute atomic E-state index is 5.88. The summed E-state index contributed by atoms with van der Waals surface area (Å²) in [4.78, 5) is 4.36. The van der Waals surface area contributed by atoms with E-state index < -0.39 is 0 Å². The molecular formula is C12H15N3. The Morgan fingerprint density at radius 3 is 2.47 bits per heavy atom. The Balaban J connectivity index is 2.54. The molecule has 3 heteroatoms. The number of aryl methyl sites for hydroxylation is 3. The number of hydrogen-bond acceptors (Lipinski definition) is 2. The molecule has 1 aromatic carbocycles. The summed E-state index contributed by atoms with van der Waals surface area (Å²) in [5.74, 6) is 0.982. The van der Waals surface area contributed by atoms with E-state index in [-0.39, 0.29) is 0 Å². The van der Waals surface area contributed by atoms with Crippen LogP contribution in [0.2, 0.25) is 0 Å². The summed E-state index contributed by atoms with van der Waals surface area (Å²) < 4.78 is 2.05. The molecule has 3 nitrogen and oxygen atoms in total. The van der Waals surface area contributed by atoms with E-state index in [4.69, 9.17) is 5.73 Å². The van der Waals surface area contributed by atoms with Gasteiger partial charge in [-0.25, -0.2) is 4.98 Å². The number of imidazole rings is 1. The molecule has 0 unspecified atom stereocenters. The second-order valence-corrected chi connectivity index (χ2v) is 3.84. The Kier molecular flexibility index (Phi) is 2.23. The van der Waals surface area contributed by atoms with Crippen LogP contribution in [0.4, 0.5) is 5.69 Å². The summed E-state index contributed by atoms with van der Waals surface area (Å²) in [5, 5.41) is 0. The maximum Gasteiger partial charge on any atom is 0.110 e. The van der Waals surface area contributed by atoms with Crippen LogP contribution in [0.3, 0.4) is 0 Å². The fraction of sp³-hybridized carbons (Fsp3) is 0.250. The smallest absolute Gasteiger partial charge is 0.110 e. The fourth-order valence-electron chi connectivity index (χ4n) is 1.66. The quantitative estimate of drug-likeness (QED) is 0.720. The summed E-state index contributed by atoms with van der Waals surface area (Å²) in [7, 11) is 0. The predicted molar refractivity (Wildman–Crippen MR) is 62.2 cm³/mol. The molecule has 0 aliphatic carbocycles. The number of hydrogen-bond donors (Lipinski definition) is 1. The van der Waals surface area contributed by atoms with Crippen molar-refractivity contribution in [1.29, 1.82) is 0 Å². The van der Waals surface area contributed by atoms with Gasteiger partial charge >= 0.3 is 0 Å². The predicted octanol–water partition coefficient (Wildman–Crippen LogP) is 2.38. The average Bonchev–Trinajstić information content (AvgIpc) is 2.50. The van der Waals surface area contributed by atoms with E-state index in [2.05, 4.69) is 11.1 Å². The summed E-state index contributed by atoms with van der Waals surface area (Å²) in [5.41, 5.74) is 9.89. The standard InChI is InChI=1S/C12H15N3/c1-8-4-5-11(6-12(8)13)15-7-9(2)14-10(15)3/h4-7H,13H2,1-3H3. The molecule has 2 aromatic rings.